The summed E-state index contributed by atoms with van der Waals surface area (Å²) in [6, 6.07) is 5.84. The van der Waals surface area contributed by atoms with Crippen LogP contribution in [0.1, 0.15) is 28.4 Å². The first kappa shape index (κ1) is 13.2. The van der Waals surface area contributed by atoms with Crippen LogP contribution in [0, 0.1) is 5.82 Å². The topological polar surface area (TPSA) is 39.2 Å². The number of benzene rings is 1. The summed E-state index contributed by atoms with van der Waals surface area (Å²) in [7, 11) is 1.45. The Hall–Kier alpha value is -2.23. The van der Waals surface area contributed by atoms with Crippen molar-refractivity contribution in [1.82, 2.24) is 4.98 Å². The number of nitrogens with zero attached hydrogens (tertiary/aromatic N) is 1. The number of aryl methyl sites for hydroxylation is 1. The fraction of sp³-hybridized carbons (Fsp3) is 0.200. The van der Waals surface area contributed by atoms with E-state index in [-0.39, 0.29) is 11.3 Å². The number of carbonyl (C=O) groups excluding carboxylic acids is 1. The van der Waals surface area contributed by atoms with E-state index in [9.17, 15) is 9.18 Å². The zero-order chi connectivity index (χ0) is 13.8. The van der Waals surface area contributed by atoms with Crippen molar-refractivity contribution in [2.24, 2.45) is 0 Å². The number of rotatable bonds is 4. The second-order valence-corrected chi connectivity index (χ2v) is 4.06. The summed E-state index contributed by atoms with van der Waals surface area (Å²) in [4.78, 5) is 16.3. The number of ether oxygens (including phenoxy) is 1. The Bertz CT molecular complexity index is 611. The van der Waals surface area contributed by atoms with Gasteiger partial charge in [0.25, 0.3) is 0 Å². The van der Waals surface area contributed by atoms with E-state index in [1.165, 1.54) is 25.4 Å². The molecule has 0 aliphatic carbocycles. The van der Waals surface area contributed by atoms with Crippen LogP contribution >= 0.6 is 0 Å². The molecule has 4 heteroatoms. The lowest BCUT2D eigenvalue weighted by atomic mass is 9.98. The smallest absolute Gasteiger partial charge is 0.196 e. The molecule has 0 N–H and O–H groups in total. The largest absolute Gasteiger partial charge is 0.497 e. The van der Waals surface area contributed by atoms with Crippen molar-refractivity contribution in [1.29, 1.82) is 0 Å². The van der Waals surface area contributed by atoms with Gasteiger partial charge in [0.15, 0.2) is 5.78 Å². The molecular weight excluding hydrogens is 245 g/mol. The molecule has 0 spiro atoms. The molecule has 1 aromatic heterocycles. The minimum absolute atomic E-state index is 0.0432. The van der Waals surface area contributed by atoms with E-state index in [2.05, 4.69) is 4.98 Å². The molecule has 3 nitrogen and oxygen atoms in total. The molecule has 0 bridgehead atoms. The molecule has 2 aromatic rings. The standard InChI is InChI=1S/C15H14FNO2/c1-3-10-9-17-7-6-12(10)15(18)13-5-4-11(19-2)8-14(13)16/h4-9H,3H2,1-2H3. The van der Waals surface area contributed by atoms with E-state index in [0.717, 1.165) is 5.56 Å². The summed E-state index contributed by atoms with van der Waals surface area (Å²) >= 11 is 0. The van der Waals surface area contributed by atoms with Crippen molar-refractivity contribution in [3.8, 4) is 5.75 Å². The normalized spacial score (nSPS) is 10.3. The van der Waals surface area contributed by atoms with Gasteiger partial charge in [0.2, 0.25) is 0 Å². The number of ketones is 1. The van der Waals surface area contributed by atoms with Crippen molar-refractivity contribution in [3.05, 3.63) is 59.2 Å². The summed E-state index contributed by atoms with van der Waals surface area (Å²) in [6.07, 6.45) is 3.84. The van der Waals surface area contributed by atoms with Crippen LogP contribution in [-0.2, 0) is 6.42 Å². The number of pyridine rings is 1. The number of hydrogen-bond acceptors (Lipinski definition) is 3. The molecule has 0 aliphatic heterocycles. The number of halogens is 1. The second kappa shape index (κ2) is 5.61. The van der Waals surface area contributed by atoms with E-state index in [4.69, 9.17) is 4.74 Å². The summed E-state index contributed by atoms with van der Waals surface area (Å²) in [5, 5.41) is 0. The van der Waals surface area contributed by atoms with Gasteiger partial charge >= 0.3 is 0 Å². The van der Waals surface area contributed by atoms with Crippen molar-refractivity contribution >= 4 is 5.78 Å². The van der Waals surface area contributed by atoms with Crippen LogP contribution in [0.2, 0.25) is 0 Å². The third kappa shape index (κ3) is 2.62. The molecule has 98 valence electrons. The quantitative estimate of drug-likeness (QED) is 0.792. The highest BCUT2D eigenvalue weighted by molar-refractivity contribution is 6.10. The molecule has 19 heavy (non-hydrogen) atoms. The van der Waals surface area contributed by atoms with Gasteiger partial charge in [0.1, 0.15) is 11.6 Å². The molecule has 0 saturated carbocycles. The monoisotopic (exact) mass is 259 g/mol. The van der Waals surface area contributed by atoms with Gasteiger partial charge in [-0.05, 0) is 30.2 Å². The van der Waals surface area contributed by atoms with Crippen molar-refractivity contribution in [3.63, 3.8) is 0 Å². The highest BCUT2D eigenvalue weighted by Gasteiger charge is 2.17. The van der Waals surface area contributed by atoms with Crippen LogP contribution in [-0.4, -0.2) is 17.9 Å². The van der Waals surface area contributed by atoms with Gasteiger partial charge < -0.3 is 4.74 Å². The molecular formula is C15H14FNO2. The maximum absolute atomic E-state index is 13.9. The summed E-state index contributed by atoms with van der Waals surface area (Å²) < 4.78 is 18.8. The van der Waals surface area contributed by atoms with E-state index >= 15 is 0 Å². The first-order valence-corrected chi connectivity index (χ1v) is 5.98. The Morgan fingerprint density at radius 2 is 2.11 bits per heavy atom. The molecule has 0 atom stereocenters. The summed E-state index contributed by atoms with van der Waals surface area (Å²) in [5.74, 6) is -0.526. The third-order valence-electron chi connectivity index (χ3n) is 2.95. The van der Waals surface area contributed by atoms with Gasteiger partial charge in [0, 0.05) is 24.0 Å². The molecule has 0 radical (unpaired) electrons. The molecule has 0 fully saturated rings. The highest BCUT2D eigenvalue weighted by atomic mass is 19.1. The molecule has 2 rings (SSSR count). The van der Waals surface area contributed by atoms with E-state index in [1.54, 1.807) is 18.3 Å². The predicted octanol–water partition coefficient (Wildman–Crippen LogP) is 3.02. The van der Waals surface area contributed by atoms with Crippen LogP contribution in [0.15, 0.2) is 36.7 Å². The minimum Gasteiger partial charge on any atom is -0.497 e. The fourth-order valence-electron chi connectivity index (χ4n) is 1.88. The van der Waals surface area contributed by atoms with E-state index in [1.807, 2.05) is 6.92 Å². The Kier molecular flexibility index (Phi) is 3.90. The minimum atomic E-state index is -0.580. The Labute approximate surface area is 111 Å². The molecule has 1 aromatic carbocycles. The van der Waals surface area contributed by atoms with Gasteiger partial charge in [-0.1, -0.05) is 6.92 Å². The zero-order valence-corrected chi connectivity index (χ0v) is 10.8. The summed E-state index contributed by atoms with van der Waals surface area (Å²) in [6.45, 7) is 1.93. The zero-order valence-electron chi connectivity index (χ0n) is 10.8. The molecule has 0 saturated heterocycles. The van der Waals surface area contributed by atoms with Crippen LogP contribution in [0.25, 0.3) is 0 Å². The Morgan fingerprint density at radius 3 is 2.74 bits per heavy atom. The fourth-order valence-corrected chi connectivity index (χ4v) is 1.88. The first-order chi connectivity index (χ1) is 9.17. The van der Waals surface area contributed by atoms with Crippen LogP contribution < -0.4 is 4.74 Å². The lowest BCUT2D eigenvalue weighted by Gasteiger charge is -2.08. The molecule has 0 unspecified atom stereocenters. The van der Waals surface area contributed by atoms with Crippen molar-refractivity contribution < 1.29 is 13.9 Å². The van der Waals surface area contributed by atoms with E-state index in [0.29, 0.717) is 17.7 Å². The van der Waals surface area contributed by atoms with Gasteiger partial charge in [-0.15, -0.1) is 0 Å². The van der Waals surface area contributed by atoms with Gasteiger partial charge in [-0.3, -0.25) is 9.78 Å². The maximum atomic E-state index is 13.9. The lowest BCUT2D eigenvalue weighted by molar-refractivity contribution is 0.103. The number of hydrogen-bond donors (Lipinski definition) is 0. The average Bonchev–Trinajstić information content (AvgIpc) is 2.46. The third-order valence-corrected chi connectivity index (χ3v) is 2.95. The molecule has 1 heterocycles. The molecule has 0 aliphatic rings. The Balaban J connectivity index is 2.44. The second-order valence-electron chi connectivity index (χ2n) is 4.06. The summed E-state index contributed by atoms with van der Waals surface area (Å²) in [5.41, 5.74) is 1.34. The average molecular weight is 259 g/mol. The number of carbonyl (C=O) groups is 1. The highest BCUT2D eigenvalue weighted by Crippen LogP contribution is 2.20. The van der Waals surface area contributed by atoms with Crippen molar-refractivity contribution in [2.75, 3.05) is 7.11 Å². The van der Waals surface area contributed by atoms with Crippen LogP contribution in [0.3, 0.4) is 0 Å². The van der Waals surface area contributed by atoms with Crippen LogP contribution in [0.4, 0.5) is 4.39 Å². The van der Waals surface area contributed by atoms with E-state index < -0.39 is 5.82 Å². The Morgan fingerprint density at radius 1 is 1.32 bits per heavy atom. The van der Waals surface area contributed by atoms with Crippen LogP contribution in [0.5, 0.6) is 5.75 Å². The van der Waals surface area contributed by atoms with Gasteiger partial charge in [-0.25, -0.2) is 4.39 Å². The first-order valence-electron chi connectivity index (χ1n) is 5.98. The predicted molar refractivity (Wildman–Crippen MR) is 70.0 cm³/mol. The maximum Gasteiger partial charge on any atom is 0.196 e. The van der Waals surface area contributed by atoms with Gasteiger partial charge in [-0.2, -0.15) is 0 Å². The van der Waals surface area contributed by atoms with Crippen molar-refractivity contribution in [2.45, 2.75) is 13.3 Å². The number of methoxy groups -OCH3 is 1. The lowest BCUT2D eigenvalue weighted by Crippen LogP contribution is -2.08. The molecule has 0 amide bonds. The number of aromatic nitrogens is 1. The van der Waals surface area contributed by atoms with Gasteiger partial charge in [0.05, 0.1) is 12.7 Å². The SMILES string of the molecule is CCc1cnccc1C(=O)c1ccc(OC)cc1F.